The van der Waals surface area contributed by atoms with Crippen LogP contribution in [-0.4, -0.2) is 112 Å². The zero-order valence-electron chi connectivity index (χ0n) is 51.8. The number of carbonyl (C=O) groups is 7. The summed E-state index contributed by atoms with van der Waals surface area (Å²) in [5.74, 6) is -6.76. The number of aliphatic hydroxyl groups excluding tert-OH is 1. The average molecular weight is 1170 g/mol. The predicted molar refractivity (Wildman–Crippen MR) is 315 cm³/mol. The molecule has 4 aliphatic rings. The van der Waals surface area contributed by atoms with E-state index in [1.165, 1.54) is 51.7 Å². The van der Waals surface area contributed by atoms with Crippen LogP contribution in [0.1, 0.15) is 232 Å². The van der Waals surface area contributed by atoms with Crippen molar-refractivity contribution in [1.82, 2.24) is 5.32 Å². The molecule has 2 bridgehead atoms. The van der Waals surface area contributed by atoms with E-state index >= 15 is 9.59 Å². The smallest absolute Gasteiger partial charge is 0.408 e. The second-order valence-electron chi connectivity index (χ2n) is 25.7. The number of hydrogen-bond acceptors (Lipinski definition) is 16. The molecular formula is C67H97NO16. The van der Waals surface area contributed by atoms with Gasteiger partial charge < -0.3 is 48.7 Å². The molecule has 3 fully saturated rings. The van der Waals surface area contributed by atoms with Gasteiger partial charge in [-0.05, 0) is 76.3 Å². The molecule has 11 atom stereocenters. The van der Waals surface area contributed by atoms with Crippen molar-refractivity contribution >= 4 is 41.7 Å². The fraction of sp³-hybridized carbons (Fsp3) is 0.687. The molecular weight excluding hydrogens is 1070 g/mol. The minimum atomic E-state index is -2.45. The van der Waals surface area contributed by atoms with Gasteiger partial charge in [0.2, 0.25) is 6.10 Å². The van der Waals surface area contributed by atoms with Crippen LogP contribution in [0.4, 0.5) is 4.79 Å². The van der Waals surface area contributed by atoms with Crippen molar-refractivity contribution in [2.24, 2.45) is 16.7 Å². The van der Waals surface area contributed by atoms with E-state index in [9.17, 15) is 34.2 Å². The molecule has 0 aromatic heterocycles. The highest BCUT2D eigenvalue weighted by Gasteiger charge is 2.78. The fourth-order valence-corrected chi connectivity index (χ4v) is 13.3. The minimum Gasteiger partial charge on any atom is -0.455 e. The monoisotopic (exact) mass is 1170 g/mol. The van der Waals surface area contributed by atoms with Gasteiger partial charge in [-0.3, -0.25) is 19.2 Å². The number of alkyl carbamates (subject to hydrolysis) is 1. The topological polar surface area (TPSA) is 237 Å². The van der Waals surface area contributed by atoms with Gasteiger partial charge in [0.25, 0.3) is 0 Å². The molecule has 0 spiro atoms. The maximum atomic E-state index is 16.3. The zero-order valence-corrected chi connectivity index (χ0v) is 51.8. The van der Waals surface area contributed by atoms with Crippen LogP contribution in [0.2, 0.25) is 0 Å². The Balaban J connectivity index is 1.48. The number of benzene rings is 2. The molecule has 1 amide bonds. The van der Waals surface area contributed by atoms with Crippen LogP contribution in [0.5, 0.6) is 0 Å². The first-order chi connectivity index (χ1) is 39.9. The number of ketones is 1. The normalized spacial score (nSPS) is 26.8. The number of nitrogens with one attached hydrogen (secondary N) is 1. The number of unbranched alkanes of at least 4 members (excludes halogenated alkanes) is 16. The summed E-state index contributed by atoms with van der Waals surface area (Å²) in [7, 11) is 0. The lowest BCUT2D eigenvalue weighted by atomic mass is 9.44. The number of aliphatic hydroxyl groups is 2. The third-order valence-corrected chi connectivity index (χ3v) is 18.0. The number of amides is 1. The molecule has 84 heavy (non-hydrogen) atoms. The van der Waals surface area contributed by atoms with E-state index in [2.05, 4.69) is 19.2 Å². The summed E-state index contributed by atoms with van der Waals surface area (Å²) in [4.78, 5) is 102. The van der Waals surface area contributed by atoms with Gasteiger partial charge in [0.15, 0.2) is 17.5 Å². The van der Waals surface area contributed by atoms with E-state index < -0.39 is 124 Å². The molecule has 1 saturated heterocycles. The molecule has 3 N–H and O–H groups in total. The van der Waals surface area contributed by atoms with Crippen LogP contribution in [0, 0.1) is 16.7 Å². The summed E-state index contributed by atoms with van der Waals surface area (Å²) < 4.78 is 43.7. The summed E-state index contributed by atoms with van der Waals surface area (Å²) in [5.41, 5.74) is -8.44. The Hall–Kier alpha value is -5.65. The van der Waals surface area contributed by atoms with Gasteiger partial charge in [0, 0.05) is 38.0 Å². The highest BCUT2D eigenvalue weighted by atomic mass is 16.6. The van der Waals surface area contributed by atoms with Crippen molar-refractivity contribution in [3.8, 4) is 0 Å². The number of carbonyl (C=O) groups excluding carboxylic acids is 7. The summed E-state index contributed by atoms with van der Waals surface area (Å²) in [5, 5.41) is 29.5. The van der Waals surface area contributed by atoms with E-state index in [4.69, 9.17) is 33.2 Å². The van der Waals surface area contributed by atoms with Gasteiger partial charge in [-0.25, -0.2) is 14.4 Å². The Morgan fingerprint density at radius 2 is 1.25 bits per heavy atom. The van der Waals surface area contributed by atoms with Crippen LogP contribution < -0.4 is 5.32 Å². The maximum Gasteiger partial charge on any atom is 0.408 e. The molecule has 1 aliphatic heterocycles. The van der Waals surface area contributed by atoms with Crippen molar-refractivity contribution in [2.75, 3.05) is 6.61 Å². The van der Waals surface area contributed by atoms with E-state index in [0.717, 1.165) is 77.0 Å². The van der Waals surface area contributed by atoms with Crippen LogP contribution >= 0.6 is 0 Å². The molecule has 3 aliphatic carbocycles. The lowest BCUT2D eigenvalue weighted by Gasteiger charge is -2.67. The number of rotatable bonds is 30. The molecule has 0 radical (unpaired) electrons. The summed E-state index contributed by atoms with van der Waals surface area (Å²) in [6.45, 7) is 16.5. The Morgan fingerprint density at radius 1 is 0.726 bits per heavy atom. The van der Waals surface area contributed by atoms with Gasteiger partial charge in [-0.1, -0.05) is 179 Å². The fourth-order valence-electron chi connectivity index (χ4n) is 13.3. The van der Waals surface area contributed by atoms with E-state index in [1.54, 1.807) is 90.1 Å². The molecule has 17 nitrogen and oxygen atoms in total. The Labute approximate surface area is 498 Å². The SMILES string of the molecule is CCCCCCCCCCCC(=O)O[C@H]1C(=O)[C@@]2(C)[C@H]([C@H](OC(=O)c3ccccc3)[C@]3(O)C[C@H](OC(=O)[C@H](OC(=O)CCCCCCCCCCC)[C@@H](NC(=O)OC(C)(C)C)c4ccccc4)C(C)=C1C3(C)C)[C@]1(OC(C)=O)CO[C@@H]1C[C@@H]2O. The first-order valence-electron chi connectivity index (χ1n) is 31.2. The molecule has 2 saturated carbocycles. The van der Waals surface area contributed by atoms with Gasteiger partial charge >= 0.3 is 35.9 Å². The van der Waals surface area contributed by atoms with Crippen molar-refractivity contribution in [2.45, 2.75) is 270 Å². The highest BCUT2D eigenvalue weighted by Crippen LogP contribution is 2.64. The van der Waals surface area contributed by atoms with Gasteiger partial charge in [0.05, 0.1) is 29.6 Å². The van der Waals surface area contributed by atoms with Crippen LogP contribution in [0.25, 0.3) is 0 Å². The second kappa shape index (κ2) is 30.1. The third-order valence-electron chi connectivity index (χ3n) is 18.0. The van der Waals surface area contributed by atoms with Crippen LogP contribution in [0.15, 0.2) is 71.8 Å². The van der Waals surface area contributed by atoms with Crippen molar-refractivity contribution in [1.29, 1.82) is 0 Å². The molecule has 1 heterocycles. The molecule has 6 rings (SSSR count). The Morgan fingerprint density at radius 3 is 1.76 bits per heavy atom. The molecule has 17 heteroatoms. The van der Waals surface area contributed by atoms with Crippen LogP contribution in [-0.2, 0) is 57.1 Å². The van der Waals surface area contributed by atoms with E-state index in [0.29, 0.717) is 18.4 Å². The number of ether oxygens (including phenoxy) is 7. The van der Waals surface area contributed by atoms with Gasteiger partial charge in [-0.15, -0.1) is 0 Å². The average Bonchev–Trinajstić information content (AvgIpc) is 0.699. The largest absolute Gasteiger partial charge is 0.455 e. The summed E-state index contributed by atoms with van der Waals surface area (Å²) in [6, 6.07) is 15.0. The number of Topliss-reactive ketones (excluding diaryl/α,β-unsaturated/α-hetero) is 1. The first kappa shape index (κ1) is 67.5. The standard InChI is InChI=1S/C67H97NO16/c1-11-13-15-17-19-21-23-25-33-39-51(71)80-55-53-44(3)48(79-61(75)56(81-52(72)40-34-26-24-22-20-18-16-14-12-2)54(46-35-29-27-30-36-46)68-62(76)84-63(5,6)7)42-67(77,64(53,8)9)59(82-60(74)47-37-31-28-32-38-47)57-65(10,58(55)73)49(70)41-50-66(57,43-78-50)83-45(4)69/h27-32,35-38,48-50,54-57,59,70,77H,11-26,33-34,39-43H2,1-10H3,(H,68,76)/t48-,49-,50+,54-,55+,56+,57-,59-,65+,66-,67+/m0/s1. The van der Waals surface area contributed by atoms with Crippen molar-refractivity contribution in [3.05, 3.63) is 82.9 Å². The quantitative estimate of drug-likeness (QED) is 0.0285. The van der Waals surface area contributed by atoms with Gasteiger partial charge in [-0.2, -0.15) is 0 Å². The third kappa shape index (κ3) is 16.0. The molecule has 466 valence electrons. The summed E-state index contributed by atoms with van der Waals surface area (Å²) >= 11 is 0. The Kier molecular flexibility index (Phi) is 24.2. The molecule has 2 aromatic rings. The molecule has 2 aromatic carbocycles. The Bertz CT molecular complexity index is 2580. The lowest BCUT2D eigenvalue weighted by Crippen LogP contribution is -2.82. The first-order valence-corrected chi connectivity index (χ1v) is 31.2. The molecule has 0 unspecified atom stereocenters. The lowest BCUT2D eigenvalue weighted by molar-refractivity contribution is -0.346. The maximum absolute atomic E-state index is 16.3. The minimum absolute atomic E-state index is 0.0195. The van der Waals surface area contributed by atoms with Crippen molar-refractivity contribution < 1.29 is 76.9 Å². The van der Waals surface area contributed by atoms with E-state index in [-0.39, 0.29) is 42.6 Å². The van der Waals surface area contributed by atoms with Gasteiger partial charge in [0.1, 0.15) is 35.6 Å². The van der Waals surface area contributed by atoms with E-state index in [1.807, 2.05) is 0 Å². The van der Waals surface area contributed by atoms with Crippen LogP contribution in [0.3, 0.4) is 0 Å². The predicted octanol–water partition coefficient (Wildman–Crippen LogP) is 12.2. The number of esters is 5. The second-order valence-corrected chi connectivity index (χ2v) is 25.7. The number of fused-ring (bicyclic) bond motifs is 5. The summed E-state index contributed by atoms with van der Waals surface area (Å²) in [6.07, 6.45) is 6.04. The zero-order chi connectivity index (χ0) is 61.5. The van der Waals surface area contributed by atoms with Crippen molar-refractivity contribution in [3.63, 3.8) is 0 Å². The number of hydrogen-bond donors (Lipinski definition) is 3. The highest BCUT2D eigenvalue weighted by molar-refractivity contribution is 5.96.